The minimum atomic E-state index is -0.238. The van der Waals surface area contributed by atoms with Crippen molar-refractivity contribution in [3.63, 3.8) is 0 Å². The standard InChI is InChI=1S/C15H19NO4/c1-2-7-16(15(17)14-10-19-14)8-11-9-18-12-5-3-4-6-13(12)20-11/h3-6,11,14H,2,7-10H2,1H3. The van der Waals surface area contributed by atoms with Gasteiger partial charge in [-0.15, -0.1) is 0 Å². The van der Waals surface area contributed by atoms with Crippen molar-refractivity contribution in [2.75, 3.05) is 26.3 Å². The third kappa shape index (κ3) is 2.88. The molecule has 2 heterocycles. The molecule has 1 fully saturated rings. The molecule has 1 saturated heterocycles. The van der Waals surface area contributed by atoms with Crippen LogP contribution in [-0.2, 0) is 9.53 Å². The SMILES string of the molecule is CCCN(CC1COc2ccccc2O1)C(=O)C1CO1. The molecule has 1 aromatic carbocycles. The quantitative estimate of drug-likeness (QED) is 0.765. The van der Waals surface area contributed by atoms with Gasteiger partial charge in [-0.1, -0.05) is 19.1 Å². The van der Waals surface area contributed by atoms with Crippen LogP contribution in [-0.4, -0.2) is 49.3 Å². The lowest BCUT2D eigenvalue weighted by Crippen LogP contribution is -2.45. The van der Waals surface area contributed by atoms with E-state index >= 15 is 0 Å². The van der Waals surface area contributed by atoms with Crippen molar-refractivity contribution in [2.45, 2.75) is 25.6 Å². The monoisotopic (exact) mass is 277 g/mol. The molecular weight excluding hydrogens is 258 g/mol. The van der Waals surface area contributed by atoms with Gasteiger partial charge in [0.25, 0.3) is 5.91 Å². The molecule has 2 aliphatic heterocycles. The first kappa shape index (κ1) is 13.2. The van der Waals surface area contributed by atoms with E-state index in [2.05, 4.69) is 6.92 Å². The van der Waals surface area contributed by atoms with Crippen molar-refractivity contribution in [3.05, 3.63) is 24.3 Å². The van der Waals surface area contributed by atoms with Crippen LogP contribution in [0.4, 0.5) is 0 Å². The van der Waals surface area contributed by atoms with E-state index < -0.39 is 0 Å². The number of carbonyl (C=O) groups excluding carboxylic acids is 1. The van der Waals surface area contributed by atoms with Gasteiger partial charge in [-0.2, -0.15) is 0 Å². The average Bonchev–Trinajstić information content (AvgIpc) is 3.30. The number of carbonyl (C=O) groups is 1. The molecule has 108 valence electrons. The summed E-state index contributed by atoms with van der Waals surface area (Å²) < 4.78 is 16.7. The van der Waals surface area contributed by atoms with Gasteiger partial charge in [-0.25, -0.2) is 0 Å². The molecule has 5 heteroatoms. The highest BCUT2D eigenvalue weighted by Crippen LogP contribution is 2.31. The Bertz CT molecular complexity index is 487. The zero-order valence-electron chi connectivity index (χ0n) is 11.6. The number of hydrogen-bond acceptors (Lipinski definition) is 4. The fourth-order valence-corrected chi connectivity index (χ4v) is 2.35. The van der Waals surface area contributed by atoms with Gasteiger partial charge in [-0.3, -0.25) is 4.79 Å². The van der Waals surface area contributed by atoms with Gasteiger partial charge in [-0.05, 0) is 18.6 Å². The summed E-state index contributed by atoms with van der Waals surface area (Å²) in [6, 6.07) is 7.60. The lowest BCUT2D eigenvalue weighted by molar-refractivity contribution is -0.134. The fraction of sp³-hybridized carbons (Fsp3) is 0.533. The van der Waals surface area contributed by atoms with Gasteiger partial charge in [0.05, 0.1) is 13.2 Å². The Labute approximate surface area is 118 Å². The summed E-state index contributed by atoms with van der Waals surface area (Å²) in [5.41, 5.74) is 0. The molecular formula is C15H19NO4. The number of epoxide rings is 1. The van der Waals surface area contributed by atoms with Gasteiger partial charge in [0.1, 0.15) is 6.61 Å². The molecule has 0 bridgehead atoms. The maximum atomic E-state index is 12.1. The molecule has 2 unspecified atom stereocenters. The highest BCUT2D eigenvalue weighted by Gasteiger charge is 2.36. The number of nitrogens with zero attached hydrogens (tertiary/aromatic N) is 1. The number of rotatable bonds is 5. The summed E-state index contributed by atoms with van der Waals surface area (Å²) in [7, 11) is 0. The number of ether oxygens (including phenoxy) is 3. The Morgan fingerprint density at radius 2 is 2.05 bits per heavy atom. The van der Waals surface area contributed by atoms with Crippen molar-refractivity contribution in [3.8, 4) is 11.5 Å². The molecule has 1 aromatic rings. The van der Waals surface area contributed by atoms with Gasteiger partial charge < -0.3 is 19.1 Å². The zero-order chi connectivity index (χ0) is 13.9. The van der Waals surface area contributed by atoms with Crippen LogP contribution in [0.1, 0.15) is 13.3 Å². The lowest BCUT2D eigenvalue weighted by Gasteiger charge is -2.31. The Balaban J connectivity index is 1.63. The van der Waals surface area contributed by atoms with Crippen molar-refractivity contribution >= 4 is 5.91 Å². The van der Waals surface area contributed by atoms with Crippen LogP contribution in [0.2, 0.25) is 0 Å². The predicted molar refractivity (Wildman–Crippen MR) is 73.0 cm³/mol. The fourth-order valence-electron chi connectivity index (χ4n) is 2.35. The average molecular weight is 277 g/mol. The number of para-hydroxylation sites is 2. The van der Waals surface area contributed by atoms with E-state index in [-0.39, 0.29) is 18.1 Å². The Morgan fingerprint density at radius 1 is 1.30 bits per heavy atom. The number of benzene rings is 1. The van der Waals surface area contributed by atoms with Crippen LogP contribution < -0.4 is 9.47 Å². The van der Waals surface area contributed by atoms with Crippen molar-refractivity contribution in [1.29, 1.82) is 0 Å². The van der Waals surface area contributed by atoms with E-state index in [4.69, 9.17) is 14.2 Å². The van der Waals surface area contributed by atoms with Crippen LogP contribution in [0.5, 0.6) is 11.5 Å². The van der Waals surface area contributed by atoms with Crippen LogP contribution in [0.25, 0.3) is 0 Å². The summed E-state index contributed by atoms with van der Waals surface area (Å²) in [6.45, 7) is 4.34. The smallest absolute Gasteiger partial charge is 0.254 e. The molecule has 2 aliphatic rings. The number of hydrogen-bond donors (Lipinski definition) is 0. The van der Waals surface area contributed by atoms with Crippen molar-refractivity contribution < 1.29 is 19.0 Å². The highest BCUT2D eigenvalue weighted by atomic mass is 16.6. The van der Waals surface area contributed by atoms with Crippen molar-refractivity contribution in [1.82, 2.24) is 4.90 Å². The van der Waals surface area contributed by atoms with Gasteiger partial charge >= 0.3 is 0 Å². The number of fused-ring (bicyclic) bond motifs is 1. The Kier molecular flexibility index (Phi) is 3.78. The molecule has 5 nitrogen and oxygen atoms in total. The zero-order valence-corrected chi connectivity index (χ0v) is 11.6. The first-order valence-corrected chi connectivity index (χ1v) is 7.07. The molecule has 1 amide bonds. The molecule has 0 aromatic heterocycles. The normalized spacial score (nSPS) is 23.2. The summed E-state index contributed by atoms with van der Waals surface area (Å²) in [5.74, 6) is 1.58. The van der Waals surface area contributed by atoms with E-state index in [9.17, 15) is 4.79 Å². The molecule has 20 heavy (non-hydrogen) atoms. The maximum Gasteiger partial charge on any atom is 0.254 e. The molecule has 0 saturated carbocycles. The molecule has 0 radical (unpaired) electrons. The Hall–Kier alpha value is -1.75. The van der Waals surface area contributed by atoms with Crippen LogP contribution in [0.3, 0.4) is 0 Å². The molecule has 3 rings (SSSR count). The topological polar surface area (TPSA) is 51.3 Å². The largest absolute Gasteiger partial charge is 0.486 e. The van der Waals surface area contributed by atoms with Crippen LogP contribution in [0, 0.1) is 0 Å². The summed E-state index contributed by atoms with van der Waals surface area (Å²) in [4.78, 5) is 13.9. The molecule has 0 N–H and O–H groups in total. The summed E-state index contributed by atoms with van der Waals surface area (Å²) in [5, 5.41) is 0. The minimum absolute atomic E-state index is 0.0642. The van der Waals surface area contributed by atoms with Crippen LogP contribution >= 0.6 is 0 Å². The lowest BCUT2D eigenvalue weighted by atomic mass is 10.2. The van der Waals surface area contributed by atoms with Gasteiger partial charge in [0.2, 0.25) is 0 Å². The molecule has 0 aliphatic carbocycles. The first-order chi connectivity index (χ1) is 9.78. The summed E-state index contributed by atoms with van der Waals surface area (Å²) in [6.07, 6.45) is 0.556. The second-order valence-electron chi connectivity index (χ2n) is 5.10. The second kappa shape index (κ2) is 5.71. The second-order valence-corrected chi connectivity index (χ2v) is 5.10. The van der Waals surface area contributed by atoms with E-state index in [1.165, 1.54) is 0 Å². The van der Waals surface area contributed by atoms with E-state index in [0.717, 1.165) is 24.5 Å². The predicted octanol–water partition coefficient (Wildman–Crippen LogP) is 1.46. The van der Waals surface area contributed by atoms with Gasteiger partial charge in [0, 0.05) is 6.54 Å². The first-order valence-electron chi connectivity index (χ1n) is 7.07. The highest BCUT2D eigenvalue weighted by molar-refractivity contribution is 5.83. The molecule has 0 spiro atoms. The maximum absolute atomic E-state index is 12.1. The minimum Gasteiger partial charge on any atom is -0.486 e. The Morgan fingerprint density at radius 3 is 2.75 bits per heavy atom. The van der Waals surface area contributed by atoms with E-state index in [1.54, 1.807) is 0 Å². The van der Waals surface area contributed by atoms with Gasteiger partial charge in [0.15, 0.2) is 23.7 Å². The van der Waals surface area contributed by atoms with E-state index in [0.29, 0.717) is 19.8 Å². The summed E-state index contributed by atoms with van der Waals surface area (Å²) >= 11 is 0. The van der Waals surface area contributed by atoms with Crippen molar-refractivity contribution in [2.24, 2.45) is 0 Å². The third-order valence-electron chi connectivity index (χ3n) is 3.41. The van der Waals surface area contributed by atoms with Crippen LogP contribution in [0.15, 0.2) is 24.3 Å². The van der Waals surface area contributed by atoms with E-state index in [1.807, 2.05) is 29.2 Å². The number of amides is 1. The third-order valence-corrected chi connectivity index (χ3v) is 3.41. The molecule has 2 atom stereocenters.